The predicted octanol–water partition coefficient (Wildman–Crippen LogP) is 7.88. The molecule has 0 bridgehead atoms. The smallest absolute Gasteiger partial charge is 0.201 e. The van der Waals surface area contributed by atoms with E-state index in [-0.39, 0.29) is 17.4 Å². The standard InChI is InChI=1S/C28H34F2O2/c1-3-5-19-6-8-20(9-7-19)23-14-16-25(32-18-23)22-12-10-21(11-13-22)24-15-17-26(31-4-2)28(30)27(24)29/h3,5,10-13,15,17,19-20,23,25H,4,6-9,14,16,18H2,1-2H3/b5-3+. The molecule has 1 aliphatic carbocycles. The average molecular weight is 441 g/mol. The first-order chi connectivity index (χ1) is 15.6. The molecular weight excluding hydrogens is 406 g/mol. The molecule has 2 unspecified atom stereocenters. The van der Waals surface area contributed by atoms with Gasteiger partial charge in [-0.15, -0.1) is 0 Å². The zero-order valence-electron chi connectivity index (χ0n) is 19.2. The van der Waals surface area contributed by atoms with Crippen LogP contribution in [0.1, 0.15) is 64.0 Å². The van der Waals surface area contributed by atoms with Crippen LogP contribution in [0.5, 0.6) is 5.75 Å². The van der Waals surface area contributed by atoms with Crippen LogP contribution in [0.2, 0.25) is 0 Å². The Bertz CT molecular complexity index is 906. The highest BCUT2D eigenvalue weighted by Gasteiger charge is 2.31. The Hall–Kier alpha value is -2.20. The zero-order chi connectivity index (χ0) is 22.5. The van der Waals surface area contributed by atoms with Crippen LogP contribution in [0.4, 0.5) is 8.78 Å². The number of rotatable bonds is 6. The Kier molecular flexibility index (Phi) is 7.62. The van der Waals surface area contributed by atoms with Crippen molar-refractivity contribution in [2.75, 3.05) is 13.2 Å². The fourth-order valence-corrected chi connectivity index (χ4v) is 5.39. The minimum atomic E-state index is -0.935. The van der Waals surface area contributed by atoms with Gasteiger partial charge in [0.2, 0.25) is 5.82 Å². The lowest BCUT2D eigenvalue weighted by molar-refractivity contribution is -0.0395. The van der Waals surface area contributed by atoms with Gasteiger partial charge in [0, 0.05) is 5.56 Å². The molecule has 1 aliphatic heterocycles. The van der Waals surface area contributed by atoms with Crippen LogP contribution in [-0.2, 0) is 4.74 Å². The van der Waals surface area contributed by atoms with E-state index in [0.29, 0.717) is 18.1 Å². The van der Waals surface area contributed by atoms with Crippen molar-refractivity contribution in [3.05, 3.63) is 65.7 Å². The number of ether oxygens (including phenoxy) is 2. The normalized spacial score (nSPS) is 26.4. The highest BCUT2D eigenvalue weighted by atomic mass is 19.2. The summed E-state index contributed by atoms with van der Waals surface area (Å²) in [6.45, 7) is 4.98. The Labute approximate surface area is 190 Å². The Morgan fingerprint density at radius 3 is 2.25 bits per heavy atom. The molecule has 1 heterocycles. The molecule has 2 nitrogen and oxygen atoms in total. The fraction of sp³-hybridized carbons (Fsp3) is 0.500. The van der Waals surface area contributed by atoms with Crippen molar-refractivity contribution in [2.24, 2.45) is 17.8 Å². The fourth-order valence-electron chi connectivity index (χ4n) is 5.39. The second kappa shape index (κ2) is 10.6. The summed E-state index contributed by atoms with van der Waals surface area (Å²) in [6, 6.07) is 10.7. The minimum absolute atomic E-state index is 0.0501. The van der Waals surface area contributed by atoms with Crippen molar-refractivity contribution in [3.63, 3.8) is 0 Å². The van der Waals surface area contributed by atoms with Crippen molar-refractivity contribution in [3.8, 4) is 16.9 Å². The van der Waals surface area contributed by atoms with E-state index in [1.807, 2.05) is 24.3 Å². The molecule has 2 atom stereocenters. The number of benzene rings is 2. The van der Waals surface area contributed by atoms with Gasteiger partial charge in [0.1, 0.15) is 0 Å². The Morgan fingerprint density at radius 2 is 1.62 bits per heavy atom. The van der Waals surface area contributed by atoms with Crippen molar-refractivity contribution in [1.82, 2.24) is 0 Å². The van der Waals surface area contributed by atoms with Crippen LogP contribution < -0.4 is 4.74 Å². The van der Waals surface area contributed by atoms with Crippen LogP contribution in [0.3, 0.4) is 0 Å². The van der Waals surface area contributed by atoms with Gasteiger partial charge < -0.3 is 9.47 Å². The van der Waals surface area contributed by atoms with Crippen LogP contribution in [-0.4, -0.2) is 13.2 Å². The van der Waals surface area contributed by atoms with Gasteiger partial charge in [-0.2, -0.15) is 4.39 Å². The van der Waals surface area contributed by atoms with E-state index in [2.05, 4.69) is 19.1 Å². The monoisotopic (exact) mass is 440 g/mol. The highest BCUT2D eigenvalue weighted by molar-refractivity contribution is 5.65. The van der Waals surface area contributed by atoms with E-state index in [1.54, 1.807) is 13.0 Å². The van der Waals surface area contributed by atoms with Gasteiger partial charge in [0.05, 0.1) is 19.3 Å². The summed E-state index contributed by atoms with van der Waals surface area (Å²) < 4.78 is 40.2. The molecule has 0 radical (unpaired) electrons. The Balaban J connectivity index is 1.35. The molecular formula is C28H34F2O2. The third-order valence-corrected chi connectivity index (χ3v) is 7.20. The first-order valence-corrected chi connectivity index (χ1v) is 12.1. The summed E-state index contributed by atoms with van der Waals surface area (Å²) in [4.78, 5) is 0. The molecule has 2 aliphatic rings. The number of allylic oxidation sites excluding steroid dienone is 2. The summed E-state index contributed by atoms with van der Waals surface area (Å²) in [5.41, 5.74) is 2.01. The molecule has 2 fully saturated rings. The molecule has 32 heavy (non-hydrogen) atoms. The summed E-state index contributed by atoms with van der Waals surface area (Å²) in [6.07, 6.45) is 12.1. The molecule has 4 rings (SSSR count). The van der Waals surface area contributed by atoms with Crippen LogP contribution >= 0.6 is 0 Å². The van der Waals surface area contributed by atoms with Gasteiger partial charge in [0.15, 0.2) is 11.6 Å². The molecule has 1 saturated carbocycles. The molecule has 0 spiro atoms. The van der Waals surface area contributed by atoms with E-state index in [0.717, 1.165) is 30.4 Å². The van der Waals surface area contributed by atoms with Gasteiger partial charge in [-0.3, -0.25) is 0 Å². The SMILES string of the molecule is C/C=C/C1CCC(C2CCC(c3ccc(-c4ccc(OCC)c(F)c4F)cc3)OC2)CC1. The molecule has 0 aromatic heterocycles. The molecule has 4 heteroatoms. The van der Waals surface area contributed by atoms with Gasteiger partial charge >= 0.3 is 0 Å². The lowest BCUT2D eigenvalue weighted by Gasteiger charge is -2.37. The maximum absolute atomic E-state index is 14.5. The first kappa shape index (κ1) is 23.0. The van der Waals surface area contributed by atoms with Crippen molar-refractivity contribution < 1.29 is 18.3 Å². The predicted molar refractivity (Wildman–Crippen MR) is 125 cm³/mol. The number of halogens is 2. The van der Waals surface area contributed by atoms with Crippen molar-refractivity contribution in [2.45, 2.75) is 58.5 Å². The minimum Gasteiger partial charge on any atom is -0.491 e. The van der Waals surface area contributed by atoms with E-state index < -0.39 is 11.6 Å². The van der Waals surface area contributed by atoms with Gasteiger partial charge in [-0.05, 0) is 93.4 Å². The molecule has 2 aromatic rings. The molecule has 0 N–H and O–H groups in total. The van der Waals surface area contributed by atoms with Crippen LogP contribution in [0.25, 0.3) is 11.1 Å². The topological polar surface area (TPSA) is 18.5 Å². The van der Waals surface area contributed by atoms with Gasteiger partial charge in [0.25, 0.3) is 0 Å². The summed E-state index contributed by atoms with van der Waals surface area (Å²) in [5.74, 6) is 0.362. The lowest BCUT2D eigenvalue weighted by Crippen LogP contribution is -2.29. The largest absolute Gasteiger partial charge is 0.491 e. The second-order valence-electron chi connectivity index (χ2n) is 9.15. The summed E-state index contributed by atoms with van der Waals surface area (Å²) in [5, 5.41) is 0. The third-order valence-electron chi connectivity index (χ3n) is 7.20. The quantitative estimate of drug-likeness (QED) is 0.425. The summed E-state index contributed by atoms with van der Waals surface area (Å²) >= 11 is 0. The van der Waals surface area contributed by atoms with E-state index in [9.17, 15) is 8.78 Å². The number of hydrogen-bond acceptors (Lipinski definition) is 2. The molecule has 2 aromatic carbocycles. The van der Waals surface area contributed by atoms with Crippen molar-refractivity contribution >= 4 is 0 Å². The van der Waals surface area contributed by atoms with E-state index in [4.69, 9.17) is 9.47 Å². The summed E-state index contributed by atoms with van der Waals surface area (Å²) in [7, 11) is 0. The lowest BCUT2D eigenvalue weighted by atomic mass is 9.73. The number of hydrogen-bond donors (Lipinski definition) is 0. The molecule has 172 valence electrons. The van der Waals surface area contributed by atoms with Crippen LogP contribution in [0, 0.1) is 29.4 Å². The van der Waals surface area contributed by atoms with Crippen LogP contribution in [0.15, 0.2) is 48.6 Å². The second-order valence-corrected chi connectivity index (χ2v) is 9.15. The third kappa shape index (κ3) is 5.06. The van der Waals surface area contributed by atoms with Gasteiger partial charge in [-0.1, -0.05) is 36.4 Å². The van der Waals surface area contributed by atoms with E-state index >= 15 is 0 Å². The maximum Gasteiger partial charge on any atom is 0.201 e. The van der Waals surface area contributed by atoms with Gasteiger partial charge in [-0.25, -0.2) is 4.39 Å². The highest BCUT2D eigenvalue weighted by Crippen LogP contribution is 2.41. The van der Waals surface area contributed by atoms with E-state index in [1.165, 1.54) is 38.2 Å². The van der Waals surface area contributed by atoms with Crippen molar-refractivity contribution in [1.29, 1.82) is 0 Å². The maximum atomic E-state index is 14.5. The molecule has 1 saturated heterocycles. The average Bonchev–Trinajstić information content (AvgIpc) is 2.83. The first-order valence-electron chi connectivity index (χ1n) is 12.1. The zero-order valence-corrected chi connectivity index (χ0v) is 19.2. The Morgan fingerprint density at radius 1 is 0.906 bits per heavy atom. The molecule has 0 amide bonds.